The van der Waals surface area contributed by atoms with E-state index in [1.54, 1.807) is 99.2 Å². The number of ether oxygens (including phenoxy) is 3. The molecule has 100 heavy (non-hydrogen) atoms. The minimum absolute atomic E-state index is 0.0284. The molecule has 514 valence electrons. The van der Waals surface area contributed by atoms with Crippen molar-refractivity contribution in [2.45, 2.75) is 105 Å². The third-order valence-corrected chi connectivity index (χ3v) is 19.3. The zero-order valence-corrected chi connectivity index (χ0v) is 56.5. The van der Waals surface area contributed by atoms with Crippen LogP contribution in [0, 0.1) is 36.1 Å². The van der Waals surface area contributed by atoms with E-state index in [0.29, 0.717) is 51.4 Å². The van der Waals surface area contributed by atoms with Gasteiger partial charge in [-0.25, -0.2) is 45.9 Å². The number of rotatable bonds is 20. The van der Waals surface area contributed by atoms with Crippen LogP contribution in [0.4, 0.5) is 17.6 Å². The van der Waals surface area contributed by atoms with Crippen molar-refractivity contribution >= 4 is 51.0 Å². The molecule has 0 unspecified atom stereocenters. The number of benzene rings is 6. The molecule has 0 atom stereocenters. The van der Waals surface area contributed by atoms with Gasteiger partial charge in [-0.2, -0.15) is 0 Å². The summed E-state index contributed by atoms with van der Waals surface area (Å²) in [6, 6.07) is 40.6. The van der Waals surface area contributed by atoms with Gasteiger partial charge >= 0.3 is 0 Å². The van der Waals surface area contributed by atoms with E-state index in [2.05, 4.69) is 95.7 Å². The first kappa shape index (κ1) is 73.2. The van der Waals surface area contributed by atoms with Gasteiger partial charge in [-0.3, -0.25) is 24.4 Å². The Labute approximate surface area is 579 Å². The molecule has 0 aliphatic heterocycles. The molecule has 8 aromatic rings. The number of carbonyl (C=O) groups excluding carboxylic acids is 3. The number of hydrogen-bond donors (Lipinski definition) is 3. The third kappa shape index (κ3) is 19.4. The molecule has 0 radical (unpaired) electrons. The van der Waals surface area contributed by atoms with Gasteiger partial charge in [0.1, 0.15) is 28.8 Å². The maximum Gasteiger partial charge on any atom is 0.270 e. The number of aromatic nitrogens is 2. The van der Waals surface area contributed by atoms with E-state index < -0.39 is 33.2 Å². The number of halogens is 4. The number of nitrogens with zero attached hydrogens (tertiary/aromatic N) is 6. The lowest BCUT2D eigenvalue weighted by Gasteiger charge is -2.32. The van der Waals surface area contributed by atoms with Gasteiger partial charge in [-0.1, -0.05) is 66.7 Å². The fourth-order valence-electron chi connectivity index (χ4n) is 11.5. The van der Waals surface area contributed by atoms with Crippen LogP contribution in [0.2, 0.25) is 0 Å². The van der Waals surface area contributed by atoms with Gasteiger partial charge in [-0.05, 0) is 232 Å². The van der Waals surface area contributed by atoms with E-state index in [0.717, 1.165) is 72.1 Å². The monoisotopic (exact) mass is 1370 g/mol. The highest BCUT2D eigenvalue weighted by Gasteiger charge is 2.35. The first-order chi connectivity index (χ1) is 48.2. The normalized spacial score (nSPS) is 18.9. The van der Waals surface area contributed by atoms with Gasteiger partial charge in [0.25, 0.3) is 17.7 Å². The van der Waals surface area contributed by atoms with Gasteiger partial charge in [-0.15, -0.1) is 0 Å². The maximum atomic E-state index is 14.4. The lowest BCUT2D eigenvalue weighted by molar-refractivity contribution is 0.0897. The minimum atomic E-state index is -3.32. The fraction of sp³-hybridized carbons (Fsp3) is 0.269. The first-order valence-electron chi connectivity index (χ1n) is 32.1. The van der Waals surface area contributed by atoms with E-state index in [1.807, 2.05) is 36.4 Å². The lowest BCUT2D eigenvalue weighted by Crippen LogP contribution is -2.46. The van der Waals surface area contributed by atoms with Crippen LogP contribution in [-0.2, 0) is 9.84 Å². The van der Waals surface area contributed by atoms with Crippen molar-refractivity contribution in [2.75, 3.05) is 27.1 Å². The molecular formula is C78H75F4N9O8S. The Balaban J connectivity index is 0.000000156. The van der Waals surface area contributed by atoms with Gasteiger partial charge in [0.05, 0.1) is 61.7 Å². The summed E-state index contributed by atoms with van der Waals surface area (Å²) in [7, 11) is 1.10. The van der Waals surface area contributed by atoms with Crippen LogP contribution in [0.25, 0.3) is 44.5 Å². The number of pyridine rings is 2. The zero-order valence-electron chi connectivity index (χ0n) is 55.7. The minimum Gasteiger partial charge on any atom is -0.497 e. The Morgan fingerprint density at radius 1 is 0.450 bits per heavy atom. The zero-order chi connectivity index (χ0) is 71.5. The number of carbonyl (C=O) groups is 3. The van der Waals surface area contributed by atoms with Gasteiger partial charge in [0.2, 0.25) is 0 Å². The van der Waals surface area contributed by atoms with Crippen molar-refractivity contribution < 1.29 is 54.6 Å². The molecule has 0 spiro atoms. The second kappa shape index (κ2) is 34.4. The van der Waals surface area contributed by atoms with Crippen LogP contribution in [0.3, 0.4) is 0 Å². The molecule has 6 aromatic carbocycles. The topological polar surface area (TPSA) is 224 Å². The number of hydrogen-bond acceptors (Lipinski definition) is 14. The average molecular weight is 1370 g/mol. The van der Waals surface area contributed by atoms with Gasteiger partial charge < -0.3 is 30.2 Å². The molecule has 2 aromatic heterocycles. The number of aryl methyl sites for hydroxylation is 1. The van der Waals surface area contributed by atoms with Crippen LogP contribution < -0.4 is 30.2 Å². The summed E-state index contributed by atoms with van der Waals surface area (Å²) < 4.78 is 95.7. The number of amides is 3. The predicted molar refractivity (Wildman–Crippen MR) is 381 cm³/mol. The summed E-state index contributed by atoms with van der Waals surface area (Å²) in [5.74, 6) is 8.70. The Morgan fingerprint density at radius 2 is 0.810 bits per heavy atom. The van der Waals surface area contributed by atoms with E-state index in [-0.39, 0.29) is 88.7 Å². The third-order valence-electron chi connectivity index (χ3n) is 17.4. The molecule has 12 rings (SSSR count). The van der Waals surface area contributed by atoms with E-state index in [1.165, 1.54) is 50.6 Å². The summed E-state index contributed by atoms with van der Waals surface area (Å²) in [5, 5.41) is 8.67. The highest BCUT2D eigenvalue weighted by Crippen LogP contribution is 2.35. The predicted octanol–water partition coefficient (Wildman–Crippen LogP) is 13.9. The Bertz CT molecular complexity index is 4550. The van der Waals surface area contributed by atoms with Crippen molar-refractivity contribution in [1.82, 2.24) is 25.9 Å². The number of methoxy groups -OCH3 is 3. The Kier molecular flexibility index (Phi) is 25.2. The molecule has 4 aliphatic rings. The highest BCUT2D eigenvalue weighted by atomic mass is 32.2. The summed E-state index contributed by atoms with van der Waals surface area (Å²) >= 11 is 0. The summed E-state index contributed by atoms with van der Waals surface area (Å²) in [5.41, 5.74) is 7.17. The van der Waals surface area contributed by atoms with Crippen molar-refractivity contribution in [2.24, 2.45) is 25.9 Å². The number of sulfone groups is 1. The summed E-state index contributed by atoms with van der Waals surface area (Å²) in [6.45, 7) is 15.5. The average Bonchev–Trinajstić information content (AvgIpc) is 0.803. The number of aliphatic imine (C=N–C) groups is 4. The van der Waals surface area contributed by atoms with E-state index in [9.17, 15) is 40.4 Å². The second-order valence-corrected chi connectivity index (χ2v) is 26.3. The first-order valence-corrected chi connectivity index (χ1v) is 33.8. The van der Waals surface area contributed by atoms with Crippen LogP contribution in [0.15, 0.2) is 209 Å². The molecule has 3 amide bonds. The molecule has 4 aliphatic carbocycles. The smallest absolute Gasteiger partial charge is 0.270 e. The Morgan fingerprint density at radius 3 is 1.22 bits per heavy atom. The van der Waals surface area contributed by atoms with Gasteiger partial charge in [0.15, 0.2) is 33.0 Å². The number of nitrogens with one attached hydrogen (secondary N) is 3. The molecule has 17 nitrogen and oxygen atoms in total. The molecule has 2 heterocycles. The van der Waals surface area contributed by atoms with Crippen LogP contribution in [0.5, 0.6) is 17.2 Å². The van der Waals surface area contributed by atoms with E-state index >= 15 is 0 Å². The lowest BCUT2D eigenvalue weighted by atomic mass is 9.82. The van der Waals surface area contributed by atoms with E-state index in [4.69, 9.17) is 14.2 Å². The molecule has 4 saturated carbocycles. The van der Waals surface area contributed by atoms with Crippen molar-refractivity contribution in [1.29, 1.82) is 0 Å². The fourth-order valence-corrected chi connectivity index (χ4v) is 13.1. The maximum absolute atomic E-state index is 14.4. The van der Waals surface area contributed by atoms with Crippen LogP contribution in [-0.4, -0.2) is 129 Å². The summed E-state index contributed by atoms with van der Waals surface area (Å²) in [4.78, 5) is 61.6. The molecule has 4 fully saturated rings. The standard InChI is InChI=1S/C20H18F2N2O2.C20H20FNO2S.C19H18FN3O2.C19H19N3O2/c1-3-23-14-10-15(11-14)24-20(25)16-6-4-12(8-17(16)21)13-5-7-19(26-2)18(22)9-13;1-3-22-18-10-15(11-18)13-25(23,24)19-8-6-16(7-9-19)17-5-4-14(2)20(21)12-17;1-3-21-14-9-15(10-14)23-19(24)17-6-4-13(11-22-17)12-5-7-18(25-2)16(20)8-12;1-3-20-15-10-16(11-15)22-19(23)18-9-6-14(12-21-18)13-4-7-17(24-2)8-5-13/h4-9,14-15H,1,10-11H2,2H3,(H,24,25);4-9,12,15,18H,1,10-11,13H2,2H3;4-8,11,14-15H,1,9-10H2,2H3,(H,23,24);4-9,12,15-16H,1,10-11H2,2H3,(H,22,23). The Hall–Kier alpha value is -11.1. The molecule has 0 saturated heterocycles. The molecule has 0 bridgehead atoms. The molecular weight excluding hydrogens is 1300 g/mol. The quantitative estimate of drug-likeness (QED) is 0.0483. The second-order valence-electron chi connectivity index (χ2n) is 24.3. The van der Waals surface area contributed by atoms with Crippen molar-refractivity contribution in [3.8, 4) is 61.8 Å². The molecule has 22 heteroatoms. The van der Waals surface area contributed by atoms with Crippen molar-refractivity contribution in [3.05, 3.63) is 230 Å². The van der Waals surface area contributed by atoms with Crippen molar-refractivity contribution in [3.63, 3.8) is 0 Å². The SMILES string of the molecule is C=C=NC1CC(CS(=O)(=O)c2ccc(-c3ccc(C)c(F)c3)cc2)C1.C=C=NC1CC(NC(=O)c2ccc(-c3ccc(OC)c(F)c3)cc2F)C1.C=C=NC1CC(NC(=O)c2ccc(-c3ccc(OC)c(F)c3)cn2)C1.C=C=NC1CC(NC(=O)c2ccc(-c3ccc(OC)cc3)cn2)C1. The highest BCUT2D eigenvalue weighted by molar-refractivity contribution is 7.91. The van der Waals surface area contributed by atoms with Crippen LogP contribution >= 0.6 is 0 Å². The van der Waals surface area contributed by atoms with Crippen LogP contribution in [0.1, 0.15) is 88.3 Å². The largest absolute Gasteiger partial charge is 0.497 e. The van der Waals surface area contributed by atoms with Gasteiger partial charge in [0, 0.05) is 41.6 Å². The summed E-state index contributed by atoms with van der Waals surface area (Å²) in [6.07, 6.45) is 9.43. The molecule has 3 N–H and O–H groups in total.